The van der Waals surface area contributed by atoms with Crippen molar-refractivity contribution in [3.8, 4) is 111 Å². The first-order chi connectivity index (χ1) is 59.3. The Bertz CT molecular complexity index is 5820. The molecule has 16 rings (SSSR count). The molecule has 0 spiro atoms. The van der Waals surface area contributed by atoms with Gasteiger partial charge in [0.2, 0.25) is 17.6 Å². The van der Waals surface area contributed by atoms with E-state index in [4.69, 9.17) is 47.7 Å². The Morgan fingerprint density at radius 1 is 0.419 bits per heavy atom. The average Bonchev–Trinajstić information content (AvgIpc) is 1.60. The highest BCUT2D eigenvalue weighted by atomic mass is 79.9. The molecule has 0 unspecified atom stereocenters. The minimum absolute atomic E-state index is 0.119. The topological polar surface area (TPSA) is 345 Å². The quantitative estimate of drug-likeness (QED) is 0.0634. The molecule has 4 saturated heterocycles. The molecule has 0 radical (unpaired) electrons. The predicted molar refractivity (Wildman–Crippen MR) is 473 cm³/mol. The summed E-state index contributed by atoms with van der Waals surface area (Å²) in [5.74, 6) is 24.2. The lowest BCUT2D eigenvalue weighted by Gasteiger charge is -2.33. The van der Waals surface area contributed by atoms with Gasteiger partial charge in [-0.25, -0.2) is 43.5 Å². The maximum Gasteiger partial charge on any atom is 0.497 e. The summed E-state index contributed by atoms with van der Waals surface area (Å²) in [5.41, 5.74) is 5.09. The fourth-order valence-electron chi connectivity index (χ4n) is 14.0. The van der Waals surface area contributed by atoms with Crippen molar-refractivity contribution >= 4 is 62.5 Å². The highest BCUT2D eigenvalue weighted by Gasteiger charge is 2.52. The van der Waals surface area contributed by atoms with Crippen LogP contribution in [0, 0.1) is 69.5 Å². The van der Waals surface area contributed by atoms with Crippen LogP contribution in [0.1, 0.15) is 141 Å². The maximum absolute atomic E-state index is 10.0. The van der Waals surface area contributed by atoms with Gasteiger partial charge in [0.15, 0.2) is 0 Å². The van der Waals surface area contributed by atoms with Gasteiger partial charge in [-0.05, 0) is 158 Å². The van der Waals surface area contributed by atoms with Crippen LogP contribution in [0.15, 0.2) is 170 Å². The van der Waals surface area contributed by atoms with Crippen LogP contribution >= 0.6 is 15.9 Å². The van der Waals surface area contributed by atoms with Crippen molar-refractivity contribution in [2.75, 3.05) is 75.3 Å². The van der Waals surface area contributed by atoms with Crippen molar-refractivity contribution in [2.24, 2.45) is 0 Å². The third kappa shape index (κ3) is 22.5. The van der Waals surface area contributed by atoms with Crippen molar-refractivity contribution < 1.29 is 53.0 Å². The molecule has 4 aliphatic rings. The zero-order valence-corrected chi connectivity index (χ0v) is 73.0. The number of methoxy groups -OCH3 is 3. The number of rotatable bonds is 15. The first-order valence-corrected chi connectivity index (χ1v) is 41.3. The largest absolute Gasteiger partial charge is 0.497 e. The number of ether oxygens (including phenoxy) is 6. The molecule has 31 heteroatoms. The number of halogens is 1. The molecule has 0 aliphatic carbocycles. The standard InChI is InChI=1S/2C29H28N6O3.C19H22BN3O3.C16H18BrN3O2/c2*1-29(2,36)11-8-20-14-25(28-22(15-30)17-33-35(28)19-20)21-4-6-26(31-16-21)34-12-9-23(10-13-34)38-24-5-7-27(37-3)32-18-24;1-17(2,24)8-7-13-9-15(16-14(10-21)11-22-23(16)12-13)20-25-18(3,4)19(5,6)26-20;1-21-16-5-3-14(11-19-16)22-13-6-8-20(9-7-13)15-4-2-12(17)10-18-15/h2*4-7,14,16-19,23,36H,9-10,12-13H2,1-3H3;9,11-12,24H,1-6H3;2-5,10-11,13H,6-9H2,1H3. The van der Waals surface area contributed by atoms with E-state index >= 15 is 0 Å². The number of piperidine rings is 3. The van der Waals surface area contributed by atoms with Crippen LogP contribution in [0.5, 0.6) is 34.9 Å². The van der Waals surface area contributed by atoms with Gasteiger partial charge < -0.3 is 67.7 Å². The highest BCUT2D eigenvalue weighted by Crippen LogP contribution is 2.38. The second-order valence-corrected chi connectivity index (χ2v) is 33.5. The van der Waals surface area contributed by atoms with Gasteiger partial charge in [-0.1, -0.05) is 35.5 Å². The number of fused-ring (bicyclic) bond motifs is 3. The molecule has 0 saturated carbocycles. The molecule has 3 N–H and O–H groups in total. The van der Waals surface area contributed by atoms with Crippen molar-refractivity contribution in [1.82, 2.24) is 58.7 Å². The van der Waals surface area contributed by atoms with Gasteiger partial charge >= 0.3 is 7.12 Å². The summed E-state index contributed by atoms with van der Waals surface area (Å²) in [7, 11) is 4.14. The van der Waals surface area contributed by atoms with Gasteiger partial charge in [0, 0.05) is 182 Å². The SMILES string of the molecule is CC(C)(O)C#Cc1cc(B2OC(C)(C)C(C)(C)O2)c2c(C#N)cnn2c1.COc1ccc(OC2CCN(c3ccc(-c4cc(C#CC(C)(C)O)cn5ncc(C#N)c45)cn3)CC2)cn1.COc1ccc(OC2CCN(c3ccc(-c4cc(C#CC(C)(C)O)cn5ncc(C#N)c45)cn3)CC2)cn1.COc1ccc(OC2CCN(c3ccc(Br)cn3)CC2)cn1. The lowest BCUT2D eigenvalue weighted by molar-refractivity contribution is 0.00578. The summed E-state index contributed by atoms with van der Waals surface area (Å²) >= 11 is 3.41. The summed E-state index contributed by atoms with van der Waals surface area (Å²) in [4.78, 5) is 33.3. The van der Waals surface area contributed by atoms with Crippen molar-refractivity contribution in [1.29, 1.82) is 15.8 Å². The summed E-state index contributed by atoms with van der Waals surface area (Å²) in [5, 5.41) is 71.5. The minimum Gasteiger partial charge on any atom is -0.489 e. The van der Waals surface area contributed by atoms with Crippen LogP contribution < -0.4 is 48.6 Å². The Kier molecular flexibility index (Phi) is 27.4. The van der Waals surface area contributed by atoms with Crippen LogP contribution in [0.2, 0.25) is 0 Å². The maximum atomic E-state index is 10.0. The molecular formula is C93H96BBrN18O11. The minimum atomic E-state index is -1.12. The predicted octanol–water partition coefficient (Wildman–Crippen LogP) is 12.6. The Morgan fingerprint density at radius 3 is 1.03 bits per heavy atom. The molecule has 634 valence electrons. The second-order valence-electron chi connectivity index (χ2n) is 32.5. The Morgan fingerprint density at radius 2 is 0.742 bits per heavy atom. The van der Waals surface area contributed by atoms with E-state index in [-0.39, 0.29) is 18.3 Å². The summed E-state index contributed by atoms with van der Waals surface area (Å²) in [6, 6.07) is 35.4. The van der Waals surface area contributed by atoms with E-state index in [2.05, 4.69) is 120 Å². The zero-order valence-electron chi connectivity index (χ0n) is 71.4. The molecule has 12 aromatic rings. The number of aromatic nitrogens is 12. The summed E-state index contributed by atoms with van der Waals surface area (Å²) < 4.78 is 51.7. The molecule has 16 heterocycles. The number of pyridine rings is 9. The van der Waals surface area contributed by atoms with Gasteiger partial charge in [0.25, 0.3) is 0 Å². The first kappa shape index (κ1) is 88.5. The molecule has 0 bridgehead atoms. The average molecular weight is 1730 g/mol. The third-order valence-electron chi connectivity index (χ3n) is 21.1. The van der Waals surface area contributed by atoms with Crippen molar-refractivity contribution in [3.63, 3.8) is 0 Å². The first-order valence-electron chi connectivity index (χ1n) is 40.5. The molecule has 0 amide bonds. The van der Waals surface area contributed by atoms with E-state index in [9.17, 15) is 31.1 Å². The van der Waals surface area contributed by atoms with Crippen molar-refractivity contribution in [2.45, 2.75) is 154 Å². The number of hydrogen-bond acceptors (Lipinski definition) is 26. The van der Waals surface area contributed by atoms with Gasteiger partial charge in [-0.3, -0.25) is 0 Å². The van der Waals surface area contributed by atoms with Crippen LogP contribution in [0.25, 0.3) is 38.8 Å². The fourth-order valence-corrected chi connectivity index (χ4v) is 14.2. The van der Waals surface area contributed by atoms with E-state index in [1.807, 2.05) is 125 Å². The Labute approximate surface area is 729 Å². The van der Waals surface area contributed by atoms with Gasteiger partial charge in [-0.15, -0.1) is 0 Å². The van der Waals surface area contributed by atoms with Gasteiger partial charge in [0.05, 0.1) is 103 Å². The normalized spacial score (nSPS) is 15.2. The smallest absolute Gasteiger partial charge is 0.489 e. The van der Waals surface area contributed by atoms with Crippen LogP contribution in [0.4, 0.5) is 17.5 Å². The number of aliphatic hydroxyl groups is 3. The van der Waals surface area contributed by atoms with E-state index in [1.165, 1.54) is 6.20 Å². The van der Waals surface area contributed by atoms with Crippen LogP contribution in [0.3, 0.4) is 0 Å². The second kappa shape index (κ2) is 38.4. The van der Waals surface area contributed by atoms with E-state index in [0.717, 1.165) is 139 Å². The summed E-state index contributed by atoms with van der Waals surface area (Å²) in [6.45, 7) is 22.9. The number of hydrogen-bond donors (Lipinski definition) is 3. The summed E-state index contributed by atoms with van der Waals surface area (Å²) in [6.07, 6.45) is 26.3. The van der Waals surface area contributed by atoms with Crippen LogP contribution in [-0.4, -0.2) is 188 Å². The molecule has 4 aliphatic heterocycles. The highest BCUT2D eigenvalue weighted by molar-refractivity contribution is 9.10. The van der Waals surface area contributed by atoms with E-state index in [1.54, 1.807) is 138 Å². The molecular weight excluding hydrogens is 1640 g/mol. The molecule has 0 aromatic carbocycles. The van der Waals surface area contributed by atoms with Crippen molar-refractivity contribution in [3.05, 3.63) is 203 Å². The van der Waals surface area contributed by atoms with Crippen LogP contribution in [-0.2, 0) is 9.31 Å². The fraction of sp³-hybridized carbons (Fsp3) is 0.355. The molecule has 4 fully saturated rings. The monoisotopic (exact) mass is 1730 g/mol. The lowest BCUT2D eigenvalue weighted by atomic mass is 9.77. The molecule has 29 nitrogen and oxygen atoms in total. The molecule has 0 atom stereocenters. The zero-order chi connectivity index (χ0) is 88.1. The van der Waals surface area contributed by atoms with E-state index < -0.39 is 35.1 Å². The van der Waals surface area contributed by atoms with Gasteiger partial charge in [0.1, 0.15) is 88.0 Å². The molecule has 124 heavy (non-hydrogen) atoms. The van der Waals surface area contributed by atoms with E-state index in [0.29, 0.717) is 73.0 Å². The van der Waals surface area contributed by atoms with Gasteiger partial charge in [-0.2, -0.15) is 31.1 Å². The Balaban J connectivity index is 0.000000145. The number of nitriles is 3. The lowest BCUT2D eigenvalue weighted by Crippen LogP contribution is -2.41. The molecule has 12 aromatic heterocycles. The number of nitrogens with zero attached hydrogens (tertiary/aromatic N) is 18. The Hall–Kier alpha value is -13.3. The number of anilines is 3. The third-order valence-corrected chi connectivity index (χ3v) is 21.5.